The number of rotatable bonds is 13. The van der Waals surface area contributed by atoms with Gasteiger partial charge >= 0.3 is 0 Å². The first-order chi connectivity index (χ1) is 19.9. The van der Waals surface area contributed by atoms with E-state index < -0.39 is 10.0 Å². The number of sulfonamides is 1. The van der Waals surface area contributed by atoms with Crippen molar-refractivity contribution in [3.63, 3.8) is 0 Å². The second kappa shape index (κ2) is 13.2. The van der Waals surface area contributed by atoms with Crippen LogP contribution in [0.3, 0.4) is 0 Å². The van der Waals surface area contributed by atoms with Crippen LogP contribution in [0, 0.1) is 0 Å². The fraction of sp³-hybridized carbons (Fsp3) is 0.448. The number of hydrogen-bond acceptors (Lipinski definition) is 6. The molecule has 226 valence electrons. The number of halogens is 1. The molecule has 1 aliphatic carbocycles. The van der Waals surface area contributed by atoms with Gasteiger partial charge in [-0.15, -0.1) is 0 Å². The summed E-state index contributed by atoms with van der Waals surface area (Å²) in [5, 5.41) is 13.6. The van der Waals surface area contributed by atoms with Crippen LogP contribution in [0.1, 0.15) is 67.9 Å². The first kappa shape index (κ1) is 31.5. The van der Waals surface area contributed by atoms with Gasteiger partial charge in [-0.3, -0.25) is 18.7 Å². The van der Waals surface area contributed by atoms with E-state index in [2.05, 4.69) is 31.9 Å². The summed E-state index contributed by atoms with van der Waals surface area (Å²) in [5.41, 5.74) is 2.96. The standard InChI is InChI=1S/C29H37BrN6O5S/c1-18(2)33-27(38)13-12-26(37)32-14-5-15-35(42(4,40)41)25-17-24-23(16-22(25)19-6-7-19)28(29(39)31-3)36(34-24)21-10-8-20(30)9-11-21/h8-11,16-19H,5-7,12-15H2,1-4H3,(H,31,39)(H,32,37)(H,33,38). The number of aromatic nitrogens is 2. The number of fused-ring (bicyclic) bond motifs is 1. The molecule has 1 aromatic heterocycles. The molecular formula is C29H37BrN6O5S. The number of benzene rings is 2. The van der Waals surface area contributed by atoms with Crippen molar-refractivity contribution >= 4 is 60.3 Å². The molecule has 1 aliphatic rings. The maximum absolute atomic E-state index is 13.0. The Morgan fingerprint density at radius 2 is 1.76 bits per heavy atom. The van der Waals surface area contributed by atoms with Gasteiger partial charge in [0.1, 0.15) is 5.69 Å². The van der Waals surface area contributed by atoms with Crippen molar-refractivity contribution in [3.8, 4) is 5.69 Å². The molecule has 0 bridgehead atoms. The molecule has 1 fully saturated rings. The van der Waals surface area contributed by atoms with Gasteiger partial charge in [-0.2, -0.15) is 5.10 Å². The molecular weight excluding hydrogens is 624 g/mol. The average Bonchev–Trinajstić information content (AvgIpc) is 3.70. The molecule has 3 N–H and O–H groups in total. The molecule has 0 aliphatic heterocycles. The number of nitrogens with zero attached hydrogens (tertiary/aromatic N) is 3. The van der Waals surface area contributed by atoms with Gasteiger partial charge in [0.15, 0.2) is 0 Å². The maximum atomic E-state index is 13.0. The predicted molar refractivity (Wildman–Crippen MR) is 166 cm³/mol. The molecule has 2 aromatic carbocycles. The third-order valence-electron chi connectivity index (χ3n) is 6.91. The smallest absolute Gasteiger partial charge is 0.270 e. The zero-order chi connectivity index (χ0) is 30.6. The zero-order valence-corrected chi connectivity index (χ0v) is 26.6. The van der Waals surface area contributed by atoms with Gasteiger partial charge in [-0.1, -0.05) is 15.9 Å². The van der Waals surface area contributed by atoms with Gasteiger partial charge in [0, 0.05) is 48.9 Å². The Balaban J connectivity index is 1.60. The Labute approximate surface area is 254 Å². The molecule has 4 rings (SSSR count). The van der Waals surface area contributed by atoms with E-state index in [0.29, 0.717) is 34.4 Å². The average molecular weight is 662 g/mol. The highest BCUT2D eigenvalue weighted by Crippen LogP contribution is 2.46. The summed E-state index contributed by atoms with van der Waals surface area (Å²) in [6.45, 7) is 4.12. The topological polar surface area (TPSA) is 142 Å². The first-order valence-electron chi connectivity index (χ1n) is 14.0. The first-order valence-corrected chi connectivity index (χ1v) is 16.6. The number of amides is 3. The summed E-state index contributed by atoms with van der Waals surface area (Å²) in [6, 6.07) is 11.1. The van der Waals surface area contributed by atoms with E-state index >= 15 is 0 Å². The number of carbonyl (C=O) groups excluding carboxylic acids is 3. The van der Waals surface area contributed by atoms with Gasteiger partial charge in [0.25, 0.3) is 5.91 Å². The maximum Gasteiger partial charge on any atom is 0.270 e. The van der Waals surface area contributed by atoms with Gasteiger partial charge in [-0.25, -0.2) is 13.1 Å². The number of carbonyl (C=O) groups is 3. The third kappa shape index (κ3) is 7.68. The largest absolute Gasteiger partial charge is 0.356 e. The van der Waals surface area contributed by atoms with Crippen LogP contribution in [-0.2, 0) is 19.6 Å². The minimum absolute atomic E-state index is 0.00667. The summed E-state index contributed by atoms with van der Waals surface area (Å²) < 4.78 is 29.9. The molecule has 0 atom stereocenters. The molecule has 0 spiro atoms. The minimum atomic E-state index is -3.68. The summed E-state index contributed by atoms with van der Waals surface area (Å²) in [5.74, 6) is -0.570. The van der Waals surface area contributed by atoms with Crippen LogP contribution in [0.15, 0.2) is 40.9 Å². The van der Waals surface area contributed by atoms with Crippen LogP contribution in [0.25, 0.3) is 16.6 Å². The van der Waals surface area contributed by atoms with Gasteiger partial charge in [0.2, 0.25) is 21.8 Å². The quantitative estimate of drug-likeness (QED) is 0.239. The van der Waals surface area contributed by atoms with Crippen molar-refractivity contribution in [2.45, 2.75) is 57.9 Å². The molecule has 42 heavy (non-hydrogen) atoms. The normalized spacial score (nSPS) is 13.3. The molecule has 13 heteroatoms. The highest BCUT2D eigenvalue weighted by molar-refractivity contribution is 9.10. The Kier molecular flexibility index (Phi) is 9.93. The van der Waals surface area contributed by atoms with E-state index in [1.54, 1.807) is 17.8 Å². The highest BCUT2D eigenvalue weighted by atomic mass is 79.9. The van der Waals surface area contributed by atoms with E-state index in [4.69, 9.17) is 5.10 Å². The summed E-state index contributed by atoms with van der Waals surface area (Å²) >= 11 is 3.43. The highest BCUT2D eigenvalue weighted by Gasteiger charge is 2.32. The van der Waals surface area contributed by atoms with E-state index in [0.717, 1.165) is 29.1 Å². The van der Waals surface area contributed by atoms with Gasteiger partial charge in [0.05, 0.1) is 23.1 Å². The second-order valence-corrected chi connectivity index (χ2v) is 13.6. The lowest BCUT2D eigenvalue weighted by Crippen LogP contribution is -2.35. The molecule has 0 radical (unpaired) electrons. The third-order valence-corrected chi connectivity index (χ3v) is 8.62. The van der Waals surface area contributed by atoms with E-state index in [-0.39, 0.29) is 55.6 Å². The van der Waals surface area contributed by atoms with Gasteiger partial charge < -0.3 is 16.0 Å². The molecule has 0 saturated heterocycles. The van der Waals surface area contributed by atoms with E-state index in [1.165, 1.54) is 4.31 Å². The van der Waals surface area contributed by atoms with Crippen molar-refractivity contribution in [2.24, 2.45) is 0 Å². The van der Waals surface area contributed by atoms with Crippen LogP contribution >= 0.6 is 15.9 Å². The monoisotopic (exact) mass is 660 g/mol. The van der Waals surface area contributed by atoms with Crippen LogP contribution in [0.4, 0.5) is 5.69 Å². The van der Waals surface area contributed by atoms with Crippen LogP contribution in [-0.4, -0.2) is 68.4 Å². The van der Waals surface area contributed by atoms with Crippen molar-refractivity contribution < 1.29 is 22.8 Å². The van der Waals surface area contributed by atoms with Crippen molar-refractivity contribution in [2.75, 3.05) is 30.7 Å². The fourth-order valence-electron chi connectivity index (χ4n) is 4.81. The molecule has 0 unspecified atom stereocenters. The lowest BCUT2D eigenvalue weighted by atomic mass is 10.0. The number of hydrogen-bond donors (Lipinski definition) is 3. The Morgan fingerprint density at radius 1 is 1.10 bits per heavy atom. The van der Waals surface area contributed by atoms with Crippen molar-refractivity contribution in [1.82, 2.24) is 25.7 Å². The molecule has 11 nitrogen and oxygen atoms in total. The zero-order valence-electron chi connectivity index (χ0n) is 24.2. The van der Waals surface area contributed by atoms with Crippen LogP contribution < -0.4 is 20.3 Å². The van der Waals surface area contributed by atoms with Gasteiger partial charge in [-0.05, 0) is 81.0 Å². The molecule has 3 aromatic rings. The number of nitrogens with one attached hydrogen (secondary N) is 3. The lowest BCUT2D eigenvalue weighted by Gasteiger charge is -2.25. The number of anilines is 1. The second-order valence-electron chi connectivity index (χ2n) is 10.8. The lowest BCUT2D eigenvalue weighted by molar-refractivity contribution is -0.126. The van der Waals surface area contributed by atoms with E-state index in [9.17, 15) is 22.8 Å². The Hall–Kier alpha value is -3.45. The predicted octanol–water partition coefficient (Wildman–Crippen LogP) is 3.60. The Morgan fingerprint density at radius 3 is 2.36 bits per heavy atom. The fourth-order valence-corrected chi connectivity index (χ4v) is 6.05. The summed E-state index contributed by atoms with van der Waals surface area (Å²) in [6.07, 6.45) is 3.53. The van der Waals surface area contributed by atoms with Crippen LogP contribution in [0.5, 0.6) is 0 Å². The minimum Gasteiger partial charge on any atom is -0.356 e. The SMILES string of the molecule is CNC(=O)c1c2cc(C3CC3)c(N(CCCNC(=O)CCC(=O)NC(C)C)S(C)(=O)=O)cc2nn1-c1ccc(Br)cc1. The van der Waals surface area contributed by atoms with Crippen molar-refractivity contribution in [1.29, 1.82) is 0 Å². The molecule has 1 saturated carbocycles. The molecule has 3 amide bonds. The van der Waals surface area contributed by atoms with E-state index in [1.807, 2.05) is 44.2 Å². The van der Waals surface area contributed by atoms with Crippen molar-refractivity contribution in [3.05, 3.63) is 52.1 Å². The molecule has 1 heterocycles. The summed E-state index contributed by atoms with van der Waals surface area (Å²) in [7, 11) is -2.12. The summed E-state index contributed by atoms with van der Waals surface area (Å²) in [4.78, 5) is 37.1. The van der Waals surface area contributed by atoms with Crippen LogP contribution in [0.2, 0.25) is 0 Å². The Bertz CT molecular complexity index is 1580.